The quantitative estimate of drug-likeness (QED) is 0.220. The van der Waals surface area contributed by atoms with Crippen LogP contribution in [0.5, 0.6) is 0 Å². The second-order valence-electron chi connectivity index (χ2n) is 5.40. The van der Waals surface area contributed by atoms with Crippen LogP contribution in [0.3, 0.4) is 0 Å². The molecule has 0 radical (unpaired) electrons. The van der Waals surface area contributed by atoms with Crippen molar-refractivity contribution in [2.75, 3.05) is 52.9 Å². The van der Waals surface area contributed by atoms with Crippen LogP contribution in [0.1, 0.15) is 12.8 Å². The molecule has 9 nitrogen and oxygen atoms in total. The summed E-state index contributed by atoms with van der Waals surface area (Å²) in [7, 11) is 0. The van der Waals surface area contributed by atoms with Gasteiger partial charge in [-0.25, -0.2) is 4.79 Å². The molecule has 0 unspecified atom stereocenters. The lowest BCUT2D eigenvalue weighted by molar-refractivity contribution is -0.0315. The standard InChI is InChI=1S/C13H26O9/c14-5-12(6-15,7-16)1-3-21-11(20)22-4-2-13(8-17,9-18)10-19/h14-19H,1-10H2. The Morgan fingerprint density at radius 1 is 0.636 bits per heavy atom. The van der Waals surface area contributed by atoms with Crippen molar-refractivity contribution in [1.29, 1.82) is 0 Å². The molecule has 0 atom stereocenters. The smallest absolute Gasteiger partial charge is 0.434 e. The number of hydrogen-bond acceptors (Lipinski definition) is 9. The van der Waals surface area contributed by atoms with Gasteiger partial charge in [0.25, 0.3) is 0 Å². The topological polar surface area (TPSA) is 157 Å². The van der Waals surface area contributed by atoms with Crippen LogP contribution >= 0.6 is 0 Å². The third kappa shape index (κ3) is 6.42. The van der Waals surface area contributed by atoms with Gasteiger partial charge in [-0.05, 0) is 12.8 Å². The summed E-state index contributed by atoms with van der Waals surface area (Å²) in [5.41, 5.74) is -2.25. The van der Waals surface area contributed by atoms with Gasteiger partial charge in [0.1, 0.15) is 0 Å². The van der Waals surface area contributed by atoms with Gasteiger partial charge < -0.3 is 40.1 Å². The van der Waals surface area contributed by atoms with Crippen molar-refractivity contribution >= 4 is 6.16 Å². The molecule has 6 N–H and O–H groups in total. The first-order valence-corrected chi connectivity index (χ1v) is 6.92. The maximum Gasteiger partial charge on any atom is 0.508 e. The average molecular weight is 326 g/mol. The molecule has 0 heterocycles. The van der Waals surface area contributed by atoms with E-state index < -0.39 is 56.6 Å². The van der Waals surface area contributed by atoms with E-state index in [0.717, 1.165) is 0 Å². The third-order valence-corrected chi connectivity index (χ3v) is 3.72. The molecule has 0 spiro atoms. The Morgan fingerprint density at radius 2 is 0.909 bits per heavy atom. The first-order valence-electron chi connectivity index (χ1n) is 6.92. The van der Waals surface area contributed by atoms with Gasteiger partial charge in [-0.1, -0.05) is 0 Å². The van der Waals surface area contributed by atoms with E-state index in [-0.39, 0.29) is 26.1 Å². The van der Waals surface area contributed by atoms with Crippen molar-refractivity contribution < 1.29 is 44.9 Å². The van der Waals surface area contributed by atoms with Crippen molar-refractivity contribution in [3.05, 3.63) is 0 Å². The summed E-state index contributed by atoms with van der Waals surface area (Å²) in [5.74, 6) is 0. The molecule has 0 saturated heterocycles. The molecule has 9 heteroatoms. The fraction of sp³-hybridized carbons (Fsp3) is 0.923. The van der Waals surface area contributed by atoms with Gasteiger partial charge in [-0.3, -0.25) is 0 Å². The van der Waals surface area contributed by atoms with Gasteiger partial charge in [0, 0.05) is 10.8 Å². The number of aliphatic hydroxyl groups is 6. The Kier molecular flexibility index (Phi) is 10.2. The zero-order chi connectivity index (χ0) is 17.1. The molecule has 0 amide bonds. The summed E-state index contributed by atoms with van der Waals surface area (Å²) in [6.45, 7) is -3.05. The molecule has 132 valence electrons. The van der Waals surface area contributed by atoms with E-state index in [1.54, 1.807) is 0 Å². The fourth-order valence-corrected chi connectivity index (χ4v) is 1.52. The van der Waals surface area contributed by atoms with Gasteiger partial charge in [0.2, 0.25) is 0 Å². The number of aliphatic hydroxyl groups excluding tert-OH is 6. The Bertz CT molecular complexity index is 255. The summed E-state index contributed by atoms with van der Waals surface area (Å²) in [6, 6.07) is 0. The number of hydrogen-bond donors (Lipinski definition) is 6. The largest absolute Gasteiger partial charge is 0.508 e. The highest BCUT2D eigenvalue weighted by atomic mass is 16.7. The van der Waals surface area contributed by atoms with Crippen LogP contribution in [0, 0.1) is 10.8 Å². The molecule has 0 aliphatic heterocycles. The van der Waals surface area contributed by atoms with Crippen LogP contribution in [-0.2, 0) is 9.47 Å². The minimum atomic E-state index is -1.12. The monoisotopic (exact) mass is 326 g/mol. The zero-order valence-corrected chi connectivity index (χ0v) is 12.5. The Labute approximate surface area is 128 Å². The van der Waals surface area contributed by atoms with Gasteiger partial charge in [-0.2, -0.15) is 0 Å². The predicted molar refractivity (Wildman–Crippen MR) is 73.9 cm³/mol. The number of rotatable bonds is 12. The molecule has 0 aliphatic rings. The van der Waals surface area contributed by atoms with Crippen LogP contribution in [-0.4, -0.2) is 89.6 Å². The van der Waals surface area contributed by atoms with E-state index >= 15 is 0 Å². The minimum Gasteiger partial charge on any atom is -0.434 e. The summed E-state index contributed by atoms with van der Waals surface area (Å²) in [4.78, 5) is 11.3. The highest BCUT2D eigenvalue weighted by molar-refractivity contribution is 5.59. The molecule has 0 aromatic carbocycles. The molecule has 0 rings (SSSR count). The fourth-order valence-electron chi connectivity index (χ4n) is 1.52. The van der Waals surface area contributed by atoms with Gasteiger partial charge >= 0.3 is 6.16 Å². The van der Waals surface area contributed by atoms with E-state index in [9.17, 15) is 4.79 Å². The molecule has 0 saturated carbocycles. The molecular weight excluding hydrogens is 300 g/mol. The van der Waals surface area contributed by atoms with Crippen LogP contribution in [0.15, 0.2) is 0 Å². The van der Waals surface area contributed by atoms with E-state index in [1.807, 2.05) is 0 Å². The SMILES string of the molecule is O=C(OCCC(CO)(CO)CO)OCCC(CO)(CO)CO. The van der Waals surface area contributed by atoms with Crippen LogP contribution < -0.4 is 0 Å². The zero-order valence-electron chi connectivity index (χ0n) is 12.5. The van der Waals surface area contributed by atoms with Crippen LogP contribution in [0.4, 0.5) is 4.79 Å². The summed E-state index contributed by atoms with van der Waals surface area (Å²) in [6.07, 6.45) is -0.885. The van der Waals surface area contributed by atoms with Crippen molar-refractivity contribution in [3.63, 3.8) is 0 Å². The molecule has 0 aliphatic carbocycles. The maximum atomic E-state index is 11.3. The van der Waals surface area contributed by atoms with Gasteiger partial charge in [-0.15, -0.1) is 0 Å². The van der Waals surface area contributed by atoms with E-state index in [4.69, 9.17) is 40.1 Å². The summed E-state index contributed by atoms with van der Waals surface area (Å²) >= 11 is 0. The van der Waals surface area contributed by atoms with Crippen molar-refractivity contribution in [3.8, 4) is 0 Å². The number of carbonyl (C=O) groups excluding carboxylic acids is 1. The Balaban J connectivity index is 4.06. The lowest BCUT2D eigenvalue weighted by atomic mass is 9.88. The lowest BCUT2D eigenvalue weighted by Gasteiger charge is -2.27. The molecule has 22 heavy (non-hydrogen) atoms. The van der Waals surface area contributed by atoms with E-state index in [0.29, 0.717) is 0 Å². The molecular formula is C13H26O9. The highest BCUT2D eigenvalue weighted by Gasteiger charge is 2.29. The van der Waals surface area contributed by atoms with Crippen LogP contribution in [0.25, 0.3) is 0 Å². The third-order valence-electron chi connectivity index (χ3n) is 3.72. The average Bonchev–Trinajstić information content (AvgIpc) is 2.56. The maximum absolute atomic E-state index is 11.3. The molecule has 0 aromatic rings. The van der Waals surface area contributed by atoms with Gasteiger partial charge in [0.05, 0.1) is 52.9 Å². The summed E-state index contributed by atoms with van der Waals surface area (Å²) in [5, 5.41) is 54.5. The molecule has 0 aromatic heterocycles. The second-order valence-corrected chi connectivity index (χ2v) is 5.40. The lowest BCUT2D eigenvalue weighted by Crippen LogP contribution is -2.36. The highest BCUT2D eigenvalue weighted by Crippen LogP contribution is 2.21. The first-order chi connectivity index (χ1) is 10.5. The Hall–Kier alpha value is -0.970. The van der Waals surface area contributed by atoms with Gasteiger partial charge in [0.15, 0.2) is 0 Å². The van der Waals surface area contributed by atoms with Crippen molar-refractivity contribution in [2.24, 2.45) is 10.8 Å². The Morgan fingerprint density at radius 3 is 1.14 bits per heavy atom. The first kappa shape index (κ1) is 21.0. The predicted octanol–water partition coefficient (Wildman–Crippen LogP) is -2.15. The van der Waals surface area contributed by atoms with E-state index in [2.05, 4.69) is 0 Å². The molecule has 0 fully saturated rings. The van der Waals surface area contributed by atoms with E-state index in [1.165, 1.54) is 0 Å². The minimum absolute atomic E-state index is 0.0550. The van der Waals surface area contributed by atoms with Crippen LogP contribution in [0.2, 0.25) is 0 Å². The number of ether oxygens (including phenoxy) is 2. The molecule has 0 bridgehead atoms. The normalized spacial score (nSPS) is 12.3. The summed E-state index contributed by atoms with van der Waals surface area (Å²) < 4.78 is 9.47. The second kappa shape index (κ2) is 10.7. The van der Waals surface area contributed by atoms with Crippen molar-refractivity contribution in [2.45, 2.75) is 12.8 Å². The number of carbonyl (C=O) groups is 1. The van der Waals surface area contributed by atoms with Crippen molar-refractivity contribution in [1.82, 2.24) is 0 Å².